The van der Waals surface area contributed by atoms with Gasteiger partial charge in [-0.1, -0.05) is 28.1 Å². The maximum atomic E-state index is 12.9. The van der Waals surface area contributed by atoms with Crippen molar-refractivity contribution >= 4 is 33.4 Å². The fraction of sp³-hybridized carbons (Fsp3) is 0.304. The quantitative estimate of drug-likeness (QED) is 0.243. The molecule has 1 fully saturated rings. The van der Waals surface area contributed by atoms with E-state index in [1.807, 2.05) is 19.1 Å². The number of hydrogen-bond donors (Lipinski definition) is 2. The van der Waals surface area contributed by atoms with E-state index >= 15 is 0 Å². The first-order valence-electron chi connectivity index (χ1n) is 9.93. The van der Waals surface area contributed by atoms with Crippen molar-refractivity contribution < 1.29 is 29.3 Å². The van der Waals surface area contributed by atoms with E-state index in [2.05, 4.69) is 15.9 Å². The minimum absolute atomic E-state index is 0.0226. The average Bonchev–Trinajstić information content (AvgIpc) is 3.02. The van der Waals surface area contributed by atoms with Crippen LogP contribution in [0.1, 0.15) is 24.1 Å². The second-order valence-corrected chi connectivity index (χ2v) is 7.76. The molecule has 8 heteroatoms. The summed E-state index contributed by atoms with van der Waals surface area (Å²) in [6.07, 6.45) is 0. The molecule has 1 saturated heterocycles. The van der Waals surface area contributed by atoms with Crippen LogP contribution in [0.3, 0.4) is 0 Å². The molecule has 3 rings (SSSR count). The Balaban J connectivity index is 2.03. The van der Waals surface area contributed by atoms with Gasteiger partial charge in [-0.15, -0.1) is 0 Å². The van der Waals surface area contributed by atoms with Gasteiger partial charge in [0, 0.05) is 16.6 Å². The molecule has 0 spiro atoms. The fourth-order valence-electron chi connectivity index (χ4n) is 3.49. The molecule has 0 aliphatic carbocycles. The standard InChI is InChI=1S/C23H24BrNO6/c1-2-31-18-8-6-15(7-9-18)21(27)19-20(16-4-3-5-17(24)14-16)25(23(29)22(19)28)10-12-30-13-11-26/h3-9,14,20,26-27H,2,10-13H2,1H3/t20-/m1/s1. The van der Waals surface area contributed by atoms with Gasteiger partial charge in [-0.3, -0.25) is 9.59 Å². The van der Waals surface area contributed by atoms with E-state index in [4.69, 9.17) is 14.6 Å². The van der Waals surface area contributed by atoms with Crippen molar-refractivity contribution in [3.8, 4) is 5.75 Å². The highest BCUT2D eigenvalue weighted by molar-refractivity contribution is 9.10. The van der Waals surface area contributed by atoms with Crippen molar-refractivity contribution in [2.24, 2.45) is 0 Å². The number of ketones is 1. The van der Waals surface area contributed by atoms with Gasteiger partial charge >= 0.3 is 0 Å². The summed E-state index contributed by atoms with van der Waals surface area (Å²) >= 11 is 3.42. The Hall–Kier alpha value is -2.68. The molecule has 31 heavy (non-hydrogen) atoms. The highest BCUT2D eigenvalue weighted by Crippen LogP contribution is 2.40. The van der Waals surface area contributed by atoms with Gasteiger partial charge in [0.05, 0.1) is 38.0 Å². The number of carbonyl (C=O) groups is 2. The number of aliphatic hydroxyl groups is 2. The normalized spacial score (nSPS) is 17.9. The molecule has 1 aliphatic heterocycles. The minimum atomic E-state index is -0.762. The molecular formula is C23H24BrNO6. The van der Waals surface area contributed by atoms with Gasteiger partial charge in [-0.05, 0) is 48.9 Å². The molecule has 0 saturated carbocycles. The summed E-state index contributed by atoms with van der Waals surface area (Å²) in [5.74, 6) is -1.06. The first-order chi connectivity index (χ1) is 15.0. The lowest BCUT2D eigenvalue weighted by Crippen LogP contribution is -2.33. The predicted octanol–water partition coefficient (Wildman–Crippen LogP) is 3.28. The lowest BCUT2D eigenvalue weighted by Gasteiger charge is -2.25. The zero-order valence-electron chi connectivity index (χ0n) is 17.1. The molecule has 1 heterocycles. The molecule has 2 aromatic rings. The average molecular weight is 490 g/mol. The van der Waals surface area contributed by atoms with Crippen molar-refractivity contribution in [2.45, 2.75) is 13.0 Å². The van der Waals surface area contributed by atoms with Crippen LogP contribution in [0, 0.1) is 0 Å². The number of halogens is 1. The Morgan fingerprint density at radius 3 is 2.52 bits per heavy atom. The highest BCUT2D eigenvalue weighted by Gasteiger charge is 2.45. The number of Topliss-reactive ketones (excluding diaryl/α,β-unsaturated/α-hetero) is 1. The molecule has 1 amide bonds. The Bertz CT molecular complexity index is 972. The number of benzene rings is 2. The van der Waals surface area contributed by atoms with E-state index in [0.717, 1.165) is 4.47 Å². The summed E-state index contributed by atoms with van der Waals surface area (Å²) < 4.78 is 11.5. The molecule has 0 bridgehead atoms. The third-order valence-electron chi connectivity index (χ3n) is 4.86. The second kappa shape index (κ2) is 10.6. The van der Waals surface area contributed by atoms with Gasteiger partial charge in [0.2, 0.25) is 0 Å². The summed E-state index contributed by atoms with van der Waals surface area (Å²) in [6.45, 7) is 2.68. The van der Waals surface area contributed by atoms with Crippen molar-refractivity contribution in [2.75, 3.05) is 33.0 Å². The van der Waals surface area contributed by atoms with Gasteiger partial charge < -0.3 is 24.6 Å². The number of rotatable bonds is 9. The molecular weight excluding hydrogens is 466 g/mol. The van der Waals surface area contributed by atoms with Gasteiger partial charge in [-0.25, -0.2) is 0 Å². The molecule has 164 valence electrons. The number of carbonyl (C=O) groups excluding carboxylic acids is 2. The van der Waals surface area contributed by atoms with Crippen LogP contribution in [0.25, 0.3) is 5.76 Å². The molecule has 7 nitrogen and oxygen atoms in total. The summed E-state index contributed by atoms with van der Waals surface area (Å²) in [6, 6.07) is 13.2. The van der Waals surface area contributed by atoms with Crippen LogP contribution >= 0.6 is 15.9 Å². The topological polar surface area (TPSA) is 96.3 Å². The Labute approximate surface area is 189 Å². The molecule has 0 radical (unpaired) electrons. The van der Waals surface area contributed by atoms with Crippen molar-refractivity contribution in [1.82, 2.24) is 4.90 Å². The number of amides is 1. The molecule has 0 aromatic heterocycles. The third kappa shape index (κ3) is 5.15. The van der Waals surface area contributed by atoms with Crippen molar-refractivity contribution in [1.29, 1.82) is 0 Å². The number of nitrogens with zero attached hydrogens (tertiary/aromatic N) is 1. The maximum Gasteiger partial charge on any atom is 0.295 e. The van der Waals surface area contributed by atoms with E-state index in [9.17, 15) is 14.7 Å². The van der Waals surface area contributed by atoms with Gasteiger partial charge in [0.15, 0.2) is 0 Å². The van der Waals surface area contributed by atoms with E-state index in [1.165, 1.54) is 4.90 Å². The van der Waals surface area contributed by atoms with Gasteiger partial charge in [0.25, 0.3) is 11.7 Å². The predicted molar refractivity (Wildman–Crippen MR) is 119 cm³/mol. The second-order valence-electron chi connectivity index (χ2n) is 6.84. The molecule has 1 atom stereocenters. The lowest BCUT2D eigenvalue weighted by atomic mass is 9.95. The number of hydrogen-bond acceptors (Lipinski definition) is 6. The first kappa shape index (κ1) is 23.0. The smallest absolute Gasteiger partial charge is 0.295 e. The van der Waals surface area contributed by atoms with Crippen LogP contribution in [0.5, 0.6) is 5.75 Å². The van der Waals surface area contributed by atoms with Crippen LogP contribution < -0.4 is 4.74 Å². The van der Waals surface area contributed by atoms with Crippen molar-refractivity contribution in [3.05, 3.63) is 69.7 Å². The minimum Gasteiger partial charge on any atom is -0.507 e. The van der Waals surface area contributed by atoms with Gasteiger partial charge in [0.1, 0.15) is 11.5 Å². The van der Waals surface area contributed by atoms with Gasteiger partial charge in [-0.2, -0.15) is 0 Å². The number of aliphatic hydroxyl groups excluding tert-OH is 2. The zero-order chi connectivity index (χ0) is 22.4. The molecule has 1 aliphatic rings. The van der Waals surface area contributed by atoms with Crippen LogP contribution in [0.2, 0.25) is 0 Å². The Kier molecular flexibility index (Phi) is 7.84. The highest BCUT2D eigenvalue weighted by atomic mass is 79.9. The number of likely N-dealkylation sites (tertiary alicyclic amines) is 1. The fourth-order valence-corrected chi connectivity index (χ4v) is 3.91. The van der Waals surface area contributed by atoms with E-state index in [-0.39, 0.29) is 37.7 Å². The lowest BCUT2D eigenvalue weighted by molar-refractivity contribution is -0.140. The monoisotopic (exact) mass is 489 g/mol. The van der Waals surface area contributed by atoms with Crippen LogP contribution in [0.4, 0.5) is 0 Å². The molecule has 2 N–H and O–H groups in total. The van der Waals surface area contributed by atoms with Crippen LogP contribution in [-0.4, -0.2) is 59.8 Å². The molecule has 2 aromatic carbocycles. The summed E-state index contributed by atoms with van der Waals surface area (Å²) in [5.41, 5.74) is 1.12. The Morgan fingerprint density at radius 2 is 1.87 bits per heavy atom. The van der Waals surface area contributed by atoms with E-state index < -0.39 is 17.7 Å². The first-order valence-corrected chi connectivity index (χ1v) is 10.7. The Morgan fingerprint density at radius 1 is 1.13 bits per heavy atom. The molecule has 0 unspecified atom stereocenters. The van der Waals surface area contributed by atoms with E-state index in [0.29, 0.717) is 23.5 Å². The SMILES string of the molecule is CCOc1ccc(C(O)=C2C(=O)C(=O)N(CCOCCO)[C@@H]2c2cccc(Br)c2)cc1. The van der Waals surface area contributed by atoms with Crippen LogP contribution in [0.15, 0.2) is 58.6 Å². The van der Waals surface area contributed by atoms with Crippen molar-refractivity contribution in [3.63, 3.8) is 0 Å². The third-order valence-corrected chi connectivity index (χ3v) is 5.35. The van der Waals surface area contributed by atoms with E-state index in [1.54, 1.807) is 36.4 Å². The van der Waals surface area contributed by atoms with Crippen LogP contribution in [-0.2, 0) is 14.3 Å². The summed E-state index contributed by atoms with van der Waals surface area (Å²) in [5, 5.41) is 19.9. The number of ether oxygens (including phenoxy) is 2. The largest absolute Gasteiger partial charge is 0.507 e. The summed E-state index contributed by atoms with van der Waals surface area (Å²) in [4.78, 5) is 27.1. The zero-order valence-corrected chi connectivity index (χ0v) is 18.7. The summed E-state index contributed by atoms with van der Waals surface area (Å²) in [7, 11) is 0. The maximum absolute atomic E-state index is 12.9.